The Bertz CT molecular complexity index is 1580. The van der Waals surface area contributed by atoms with E-state index >= 15 is 0 Å². The molecule has 1 saturated heterocycles. The number of H-pyrrole nitrogens is 1. The number of alkyl halides is 2. The summed E-state index contributed by atoms with van der Waals surface area (Å²) in [6, 6.07) is 23.4. The minimum absolute atomic E-state index is 0.00518. The van der Waals surface area contributed by atoms with Crippen LogP contribution in [0.2, 0.25) is 0 Å². The van der Waals surface area contributed by atoms with Gasteiger partial charge in [-0.15, -0.1) is 0 Å². The van der Waals surface area contributed by atoms with E-state index in [-0.39, 0.29) is 19.8 Å². The Kier molecular flexibility index (Phi) is 9.55. The van der Waals surface area contributed by atoms with Crippen LogP contribution in [0.3, 0.4) is 0 Å². The molecule has 2 N–H and O–H groups in total. The maximum absolute atomic E-state index is 14.1. The molecule has 9 nitrogen and oxygen atoms in total. The van der Waals surface area contributed by atoms with Crippen LogP contribution in [0, 0.1) is 0 Å². The Morgan fingerprint density at radius 1 is 1.00 bits per heavy atom. The van der Waals surface area contributed by atoms with Crippen molar-refractivity contribution in [2.75, 3.05) is 19.8 Å². The van der Waals surface area contributed by atoms with E-state index in [2.05, 4.69) is 10.2 Å². The fraction of sp³-hybridized carbons (Fsp3) is 0.364. The Labute approximate surface area is 254 Å². The van der Waals surface area contributed by atoms with Crippen molar-refractivity contribution in [3.05, 3.63) is 123 Å². The lowest BCUT2D eigenvalue weighted by molar-refractivity contribution is -0.0902. The Balaban J connectivity index is 1.53. The summed E-state index contributed by atoms with van der Waals surface area (Å²) >= 11 is 0. The third-order valence-electron chi connectivity index (χ3n) is 8.49. The number of piperidine rings is 1. The van der Waals surface area contributed by atoms with E-state index < -0.39 is 48.9 Å². The van der Waals surface area contributed by atoms with Crippen LogP contribution >= 0.6 is 0 Å². The lowest BCUT2D eigenvalue weighted by Crippen LogP contribution is -2.64. The number of likely N-dealkylation sites (tertiary alicyclic amines) is 1. The number of benzene rings is 3. The van der Waals surface area contributed by atoms with Crippen LogP contribution in [0.1, 0.15) is 53.7 Å². The molecule has 11 heteroatoms. The maximum atomic E-state index is 14.1. The number of aromatic nitrogens is 3. The van der Waals surface area contributed by atoms with E-state index in [9.17, 15) is 23.5 Å². The molecule has 4 aromatic rings. The summed E-state index contributed by atoms with van der Waals surface area (Å²) in [5, 5.41) is 16.9. The second kappa shape index (κ2) is 13.5. The number of aliphatic hydroxyl groups is 1. The third-order valence-corrected chi connectivity index (χ3v) is 8.49. The molecule has 1 aromatic heterocycles. The molecule has 1 aliphatic rings. The Morgan fingerprint density at radius 2 is 1.66 bits per heavy atom. The van der Waals surface area contributed by atoms with Crippen molar-refractivity contribution in [3.63, 3.8) is 0 Å². The van der Waals surface area contributed by atoms with Crippen LogP contribution in [0.15, 0.2) is 90.0 Å². The van der Waals surface area contributed by atoms with Gasteiger partial charge in [0.15, 0.2) is 0 Å². The monoisotopic (exact) mass is 606 g/mol. The molecule has 0 aliphatic carbocycles. The summed E-state index contributed by atoms with van der Waals surface area (Å²) in [6.07, 6.45) is 0.697. The predicted octanol–water partition coefficient (Wildman–Crippen LogP) is 5.30. The highest BCUT2D eigenvalue weighted by molar-refractivity contribution is 5.70. The highest BCUT2D eigenvalue weighted by Crippen LogP contribution is 2.44. The molecule has 232 valence electrons. The van der Waals surface area contributed by atoms with Crippen molar-refractivity contribution in [2.24, 2.45) is 0 Å². The number of hydrogen-bond donors (Lipinski definition) is 2. The quantitative estimate of drug-likeness (QED) is 0.240. The second-order valence-corrected chi connectivity index (χ2v) is 11.2. The first kappa shape index (κ1) is 31.1. The lowest BCUT2D eigenvalue weighted by atomic mass is 9.74. The van der Waals surface area contributed by atoms with Gasteiger partial charge in [-0.3, -0.25) is 9.47 Å². The van der Waals surface area contributed by atoms with Gasteiger partial charge in [0.2, 0.25) is 0 Å². The molecule has 0 spiro atoms. The van der Waals surface area contributed by atoms with Crippen molar-refractivity contribution in [2.45, 2.75) is 56.9 Å². The molecule has 0 radical (unpaired) electrons. The zero-order chi connectivity index (χ0) is 31.2. The fourth-order valence-corrected chi connectivity index (χ4v) is 5.94. The summed E-state index contributed by atoms with van der Waals surface area (Å²) < 4.78 is 40.7. The highest BCUT2D eigenvalue weighted by Gasteiger charge is 2.53. The number of nitrogens with zero attached hydrogens (tertiary/aromatic N) is 3. The van der Waals surface area contributed by atoms with Crippen LogP contribution in [0.25, 0.3) is 0 Å². The van der Waals surface area contributed by atoms with Crippen molar-refractivity contribution >= 4 is 6.09 Å². The molecule has 2 heterocycles. The van der Waals surface area contributed by atoms with Gasteiger partial charge in [0.25, 0.3) is 0 Å². The van der Waals surface area contributed by atoms with Crippen LogP contribution in [0.5, 0.6) is 0 Å². The van der Waals surface area contributed by atoms with Gasteiger partial charge in [0.05, 0.1) is 36.9 Å². The minimum Gasteiger partial charge on any atom is -0.445 e. The smallest absolute Gasteiger partial charge is 0.410 e. The Hall–Kier alpha value is -4.35. The first-order valence-corrected chi connectivity index (χ1v) is 14.5. The average Bonchev–Trinajstić information content (AvgIpc) is 3.52. The molecule has 5 rings (SSSR count). The first-order valence-electron chi connectivity index (χ1n) is 14.5. The fourth-order valence-electron chi connectivity index (χ4n) is 5.94. The minimum atomic E-state index is -1.18. The summed E-state index contributed by atoms with van der Waals surface area (Å²) in [4.78, 5) is 28.3. The molecule has 0 saturated carbocycles. The van der Waals surface area contributed by atoms with Crippen molar-refractivity contribution in [3.8, 4) is 0 Å². The molecule has 3 atom stereocenters. The molecular formula is C33H36F2N4O5. The van der Waals surface area contributed by atoms with E-state index in [4.69, 9.17) is 9.47 Å². The van der Waals surface area contributed by atoms with Gasteiger partial charge in [-0.1, -0.05) is 78.9 Å². The van der Waals surface area contributed by atoms with Gasteiger partial charge in [-0.25, -0.2) is 23.5 Å². The van der Waals surface area contributed by atoms with E-state index in [1.54, 1.807) is 19.1 Å². The van der Waals surface area contributed by atoms with Crippen molar-refractivity contribution in [1.82, 2.24) is 19.7 Å². The summed E-state index contributed by atoms with van der Waals surface area (Å²) in [6.45, 7) is -0.171. The standard InChI is InChI=1S/C33H36F2N4O5/c1-24(28-15-26(17-34)14-27(16-28)18-35)44-22-33(29-10-6-3-7-11-29)13-12-32(21-40,39-23-36-37-30(39)41)20-38(33)31(42)43-19-25-8-4-2-5-9-25/h2-11,14-16,23-24,40H,12-13,17-22H2,1H3,(H,37,41)/t24-,32+,33-/m1/s1. The van der Waals surface area contributed by atoms with Gasteiger partial charge in [-0.05, 0) is 47.6 Å². The van der Waals surface area contributed by atoms with Crippen LogP contribution in [-0.2, 0) is 40.5 Å². The second-order valence-electron chi connectivity index (χ2n) is 11.2. The molecule has 0 bridgehead atoms. The van der Waals surface area contributed by atoms with Crippen LogP contribution in [-0.4, -0.2) is 50.6 Å². The van der Waals surface area contributed by atoms with E-state index in [1.807, 2.05) is 60.7 Å². The predicted molar refractivity (Wildman–Crippen MR) is 159 cm³/mol. The number of rotatable bonds is 11. The van der Waals surface area contributed by atoms with Gasteiger partial charge in [0, 0.05) is 0 Å². The maximum Gasteiger partial charge on any atom is 0.410 e. The molecule has 1 aliphatic heterocycles. The van der Waals surface area contributed by atoms with E-state index in [0.29, 0.717) is 29.5 Å². The van der Waals surface area contributed by atoms with Gasteiger partial charge in [0.1, 0.15) is 26.3 Å². The summed E-state index contributed by atoms with van der Waals surface area (Å²) in [5.74, 6) is 0. The average molecular weight is 607 g/mol. The van der Waals surface area contributed by atoms with Crippen LogP contribution in [0.4, 0.5) is 13.6 Å². The summed E-state index contributed by atoms with van der Waals surface area (Å²) in [7, 11) is 0. The topological polar surface area (TPSA) is 110 Å². The molecule has 0 unspecified atom stereocenters. The molecule has 44 heavy (non-hydrogen) atoms. The summed E-state index contributed by atoms with van der Waals surface area (Å²) in [5.41, 5.74) is 0.128. The number of aliphatic hydroxyl groups excluding tert-OH is 1. The number of aromatic amines is 1. The van der Waals surface area contributed by atoms with Gasteiger partial charge in [-0.2, -0.15) is 5.10 Å². The number of halogens is 2. The van der Waals surface area contributed by atoms with Crippen LogP contribution < -0.4 is 5.69 Å². The first-order chi connectivity index (χ1) is 21.3. The molecule has 1 fully saturated rings. The number of ether oxygens (including phenoxy) is 2. The van der Waals surface area contributed by atoms with Gasteiger partial charge >= 0.3 is 11.8 Å². The van der Waals surface area contributed by atoms with E-state index in [1.165, 1.54) is 21.9 Å². The molecular weight excluding hydrogens is 570 g/mol. The van der Waals surface area contributed by atoms with E-state index in [0.717, 1.165) is 11.1 Å². The number of hydrogen-bond acceptors (Lipinski definition) is 6. The third kappa shape index (κ3) is 6.29. The lowest BCUT2D eigenvalue weighted by Gasteiger charge is -2.53. The van der Waals surface area contributed by atoms with Gasteiger partial charge < -0.3 is 14.6 Å². The zero-order valence-electron chi connectivity index (χ0n) is 24.5. The molecule has 3 aromatic carbocycles. The Morgan fingerprint density at radius 3 is 2.25 bits per heavy atom. The zero-order valence-corrected chi connectivity index (χ0v) is 24.5. The van der Waals surface area contributed by atoms with Crippen molar-refractivity contribution < 1.29 is 28.2 Å². The largest absolute Gasteiger partial charge is 0.445 e. The number of carbonyl (C=O) groups excluding carboxylic acids is 1. The molecule has 1 amide bonds. The SMILES string of the molecule is C[C@@H](OC[C@@]1(c2ccccc2)CC[C@](CO)(n2cn[nH]c2=O)CN1C(=O)OCc1ccccc1)c1cc(CF)cc(CF)c1. The highest BCUT2D eigenvalue weighted by atomic mass is 19.1. The number of carbonyl (C=O) groups is 1. The van der Waals surface area contributed by atoms with Crippen molar-refractivity contribution in [1.29, 1.82) is 0 Å². The number of amides is 1. The number of nitrogens with one attached hydrogen (secondary N) is 1. The normalized spacial score (nSPS) is 20.8.